The third-order valence-corrected chi connectivity index (χ3v) is 2.50. The van der Waals surface area contributed by atoms with Crippen LogP contribution in [0.3, 0.4) is 0 Å². The molecule has 67 valence electrons. The van der Waals surface area contributed by atoms with Crippen molar-refractivity contribution in [3.63, 3.8) is 0 Å². The summed E-state index contributed by atoms with van der Waals surface area (Å²) in [6, 6.07) is 0. The second-order valence-electron chi connectivity index (χ2n) is 3.32. The van der Waals surface area contributed by atoms with E-state index < -0.39 is 0 Å². The van der Waals surface area contributed by atoms with E-state index in [1.54, 1.807) is 0 Å². The van der Waals surface area contributed by atoms with Gasteiger partial charge in [-0.1, -0.05) is 6.08 Å². The fourth-order valence-electron chi connectivity index (χ4n) is 1.79. The van der Waals surface area contributed by atoms with Crippen molar-refractivity contribution in [2.45, 2.75) is 12.6 Å². The molecule has 3 heteroatoms. The molecule has 2 N–H and O–H groups in total. The van der Waals surface area contributed by atoms with Crippen LogP contribution in [0.5, 0.6) is 0 Å². The zero-order valence-electron chi connectivity index (χ0n) is 7.34. The van der Waals surface area contributed by atoms with Gasteiger partial charge in [0.15, 0.2) is 0 Å². The van der Waals surface area contributed by atoms with Crippen LogP contribution < -0.4 is 10.6 Å². The monoisotopic (exact) mass is 166 g/mol. The standard InChI is InChI=1S/C9H16N3/c1-2-4-11-9(3-1)12-7-5-10-6-8-12/h2,9-11H,3-8H2. The second kappa shape index (κ2) is 4.03. The molecule has 1 unspecified atom stereocenters. The molecule has 0 aromatic carbocycles. The second-order valence-corrected chi connectivity index (χ2v) is 3.32. The summed E-state index contributed by atoms with van der Waals surface area (Å²) in [5, 5.41) is 6.83. The van der Waals surface area contributed by atoms with Gasteiger partial charge in [-0.2, -0.15) is 0 Å². The Morgan fingerprint density at radius 3 is 2.83 bits per heavy atom. The number of rotatable bonds is 1. The maximum absolute atomic E-state index is 3.47. The molecule has 0 amide bonds. The van der Waals surface area contributed by atoms with Crippen LogP contribution in [-0.2, 0) is 0 Å². The molecule has 0 bridgehead atoms. The Kier molecular flexibility index (Phi) is 2.76. The first-order valence-corrected chi connectivity index (χ1v) is 4.70. The van der Waals surface area contributed by atoms with Crippen molar-refractivity contribution in [2.24, 2.45) is 0 Å². The largest absolute Gasteiger partial charge is 0.314 e. The smallest absolute Gasteiger partial charge is 0.0641 e. The summed E-state index contributed by atoms with van der Waals surface area (Å²) in [7, 11) is 0. The molecular formula is C9H16N3. The van der Waals surface area contributed by atoms with Crippen LogP contribution in [0.4, 0.5) is 0 Å². The fourth-order valence-corrected chi connectivity index (χ4v) is 1.79. The molecule has 2 aliphatic rings. The number of nitrogens with one attached hydrogen (secondary N) is 2. The van der Waals surface area contributed by atoms with Crippen LogP contribution in [0.1, 0.15) is 6.42 Å². The SMILES string of the molecule is [C]1=CCNC(N2CCNCC2)C1. The van der Waals surface area contributed by atoms with E-state index in [4.69, 9.17) is 0 Å². The summed E-state index contributed by atoms with van der Waals surface area (Å²) in [5.74, 6) is 0. The van der Waals surface area contributed by atoms with Gasteiger partial charge in [0.25, 0.3) is 0 Å². The van der Waals surface area contributed by atoms with Gasteiger partial charge in [-0.3, -0.25) is 10.2 Å². The highest BCUT2D eigenvalue weighted by atomic mass is 15.3. The lowest BCUT2D eigenvalue weighted by atomic mass is 10.2. The molecule has 0 aromatic heterocycles. The Labute approximate surface area is 73.8 Å². The van der Waals surface area contributed by atoms with E-state index in [9.17, 15) is 0 Å². The van der Waals surface area contributed by atoms with Gasteiger partial charge >= 0.3 is 0 Å². The third-order valence-electron chi connectivity index (χ3n) is 2.50. The lowest BCUT2D eigenvalue weighted by Gasteiger charge is -2.35. The molecule has 1 atom stereocenters. The molecule has 2 heterocycles. The van der Waals surface area contributed by atoms with Crippen LogP contribution in [0.2, 0.25) is 0 Å². The average Bonchev–Trinajstić information content (AvgIpc) is 2.21. The summed E-state index contributed by atoms with van der Waals surface area (Å²) in [4.78, 5) is 2.50. The summed E-state index contributed by atoms with van der Waals surface area (Å²) >= 11 is 0. The number of nitrogens with zero attached hydrogens (tertiary/aromatic N) is 1. The van der Waals surface area contributed by atoms with E-state index in [-0.39, 0.29) is 0 Å². The van der Waals surface area contributed by atoms with Crippen molar-refractivity contribution in [3.05, 3.63) is 12.2 Å². The van der Waals surface area contributed by atoms with Gasteiger partial charge in [0, 0.05) is 39.1 Å². The quantitative estimate of drug-likeness (QED) is 0.553. The molecule has 0 saturated carbocycles. The Morgan fingerprint density at radius 1 is 1.33 bits per heavy atom. The number of hydrogen-bond donors (Lipinski definition) is 2. The van der Waals surface area contributed by atoms with Crippen molar-refractivity contribution in [1.82, 2.24) is 15.5 Å². The summed E-state index contributed by atoms with van der Waals surface area (Å²) in [6.07, 6.45) is 6.95. The summed E-state index contributed by atoms with van der Waals surface area (Å²) in [5.41, 5.74) is 0. The van der Waals surface area contributed by atoms with Gasteiger partial charge in [-0.25, -0.2) is 0 Å². The minimum atomic E-state index is 0.539. The molecule has 2 aliphatic heterocycles. The molecule has 3 nitrogen and oxygen atoms in total. The van der Waals surface area contributed by atoms with Crippen LogP contribution in [0, 0.1) is 6.08 Å². The first-order chi connectivity index (χ1) is 5.97. The third kappa shape index (κ3) is 1.86. The van der Waals surface area contributed by atoms with E-state index in [1.165, 1.54) is 13.1 Å². The molecule has 0 aromatic rings. The van der Waals surface area contributed by atoms with Gasteiger partial charge in [0.05, 0.1) is 6.17 Å². The van der Waals surface area contributed by atoms with Crippen LogP contribution in [0.25, 0.3) is 0 Å². The molecule has 2 rings (SSSR count). The number of piperazine rings is 1. The van der Waals surface area contributed by atoms with Crippen LogP contribution in [-0.4, -0.2) is 43.8 Å². The molecule has 0 aliphatic carbocycles. The first-order valence-electron chi connectivity index (χ1n) is 4.70. The highest BCUT2D eigenvalue weighted by Gasteiger charge is 2.19. The summed E-state index contributed by atoms with van der Waals surface area (Å²) in [6.45, 7) is 5.57. The maximum atomic E-state index is 3.47. The summed E-state index contributed by atoms with van der Waals surface area (Å²) < 4.78 is 0. The van der Waals surface area contributed by atoms with E-state index in [0.717, 1.165) is 26.1 Å². The van der Waals surface area contributed by atoms with Crippen molar-refractivity contribution in [2.75, 3.05) is 32.7 Å². The van der Waals surface area contributed by atoms with Crippen molar-refractivity contribution in [3.8, 4) is 0 Å². The predicted octanol–water partition coefficient (Wildman–Crippen LogP) is -0.430. The van der Waals surface area contributed by atoms with Gasteiger partial charge < -0.3 is 5.32 Å². The molecule has 1 saturated heterocycles. The van der Waals surface area contributed by atoms with Crippen molar-refractivity contribution in [1.29, 1.82) is 0 Å². The van der Waals surface area contributed by atoms with E-state index in [2.05, 4.69) is 27.7 Å². The van der Waals surface area contributed by atoms with Crippen LogP contribution in [0.15, 0.2) is 6.08 Å². The zero-order chi connectivity index (χ0) is 8.23. The lowest BCUT2D eigenvalue weighted by Crippen LogP contribution is -2.54. The average molecular weight is 166 g/mol. The van der Waals surface area contributed by atoms with Gasteiger partial charge in [-0.05, 0) is 6.08 Å². The fraction of sp³-hybridized carbons (Fsp3) is 0.778. The first kappa shape index (κ1) is 8.23. The molecule has 0 spiro atoms. The van der Waals surface area contributed by atoms with E-state index in [0.29, 0.717) is 6.17 Å². The van der Waals surface area contributed by atoms with E-state index >= 15 is 0 Å². The maximum Gasteiger partial charge on any atom is 0.0641 e. The Morgan fingerprint density at radius 2 is 2.17 bits per heavy atom. The van der Waals surface area contributed by atoms with E-state index in [1.807, 2.05) is 0 Å². The van der Waals surface area contributed by atoms with Gasteiger partial charge in [-0.15, -0.1) is 0 Å². The Bertz CT molecular complexity index is 161. The molecule has 1 fully saturated rings. The Balaban J connectivity index is 1.85. The predicted molar refractivity (Wildman–Crippen MR) is 48.7 cm³/mol. The number of hydrogen-bond acceptors (Lipinski definition) is 3. The highest BCUT2D eigenvalue weighted by molar-refractivity contribution is 4.89. The normalized spacial score (nSPS) is 32.2. The van der Waals surface area contributed by atoms with Crippen LogP contribution >= 0.6 is 0 Å². The lowest BCUT2D eigenvalue weighted by molar-refractivity contribution is 0.145. The van der Waals surface area contributed by atoms with Gasteiger partial charge in [0.2, 0.25) is 0 Å². The zero-order valence-corrected chi connectivity index (χ0v) is 7.34. The molecule has 1 radical (unpaired) electrons. The Hall–Kier alpha value is -0.380. The van der Waals surface area contributed by atoms with Crippen molar-refractivity contribution >= 4 is 0 Å². The highest BCUT2D eigenvalue weighted by Crippen LogP contribution is 2.05. The van der Waals surface area contributed by atoms with Crippen molar-refractivity contribution < 1.29 is 0 Å². The minimum Gasteiger partial charge on any atom is -0.314 e. The minimum absolute atomic E-state index is 0.539. The van der Waals surface area contributed by atoms with Gasteiger partial charge in [0.1, 0.15) is 0 Å². The molecule has 12 heavy (non-hydrogen) atoms. The molecular weight excluding hydrogens is 150 g/mol. The topological polar surface area (TPSA) is 27.3 Å².